The number of rotatable bonds is 2. The normalized spacial score (nSPS) is 37.0. The second kappa shape index (κ2) is 3.50. The Balaban J connectivity index is 2.74. The van der Waals surface area contributed by atoms with Crippen molar-refractivity contribution in [2.45, 2.75) is 39.3 Å². The molecule has 0 saturated carbocycles. The van der Waals surface area contributed by atoms with Gasteiger partial charge in [0, 0.05) is 16.8 Å². The Morgan fingerprint density at radius 1 is 1.33 bits per heavy atom. The van der Waals surface area contributed by atoms with Gasteiger partial charge in [-0.15, -0.1) is 0 Å². The van der Waals surface area contributed by atoms with Crippen LogP contribution < -0.4 is 0 Å². The van der Waals surface area contributed by atoms with Crippen molar-refractivity contribution in [1.82, 2.24) is 0 Å². The monoisotopic (exact) mass is 186 g/mol. The number of hydrogen-bond donors (Lipinski definition) is 0. The van der Waals surface area contributed by atoms with Crippen LogP contribution in [-0.4, -0.2) is 22.1 Å². The third-order valence-electron chi connectivity index (χ3n) is 3.53. The molecule has 72 valence electrons. The lowest BCUT2D eigenvalue weighted by atomic mass is 9.83. The quantitative estimate of drug-likeness (QED) is 0.592. The van der Waals surface area contributed by atoms with Gasteiger partial charge in [-0.05, 0) is 24.2 Å². The van der Waals surface area contributed by atoms with Gasteiger partial charge in [0.05, 0.1) is 5.22 Å². The number of ether oxygens (including phenoxy) is 1. The molecule has 0 amide bonds. The highest BCUT2D eigenvalue weighted by Gasteiger charge is 2.43. The molecule has 0 aliphatic carbocycles. The fourth-order valence-electron chi connectivity index (χ4n) is 2.39. The van der Waals surface area contributed by atoms with Crippen LogP contribution in [0.3, 0.4) is 0 Å². The predicted molar refractivity (Wildman–Crippen MR) is 56.4 cm³/mol. The summed E-state index contributed by atoms with van der Waals surface area (Å²) >= 11 is 0. The van der Waals surface area contributed by atoms with Gasteiger partial charge in [-0.25, -0.2) is 0 Å². The summed E-state index contributed by atoms with van der Waals surface area (Å²) in [6.07, 6.45) is 1.28. The zero-order chi connectivity index (χ0) is 9.35. The first-order chi connectivity index (χ1) is 5.48. The van der Waals surface area contributed by atoms with E-state index >= 15 is 0 Å². The fraction of sp³-hybridized carbons (Fsp3) is 1.00. The van der Waals surface area contributed by atoms with Gasteiger partial charge in [0.15, 0.2) is 0 Å². The minimum absolute atomic E-state index is 0.272. The van der Waals surface area contributed by atoms with Gasteiger partial charge in [-0.2, -0.15) is 0 Å². The fourth-order valence-corrected chi connectivity index (χ4v) is 3.55. The molecular weight excluding hydrogens is 164 g/mol. The molecule has 1 rings (SSSR count). The average Bonchev–Trinajstić information content (AvgIpc) is 2.32. The van der Waals surface area contributed by atoms with E-state index in [1.807, 2.05) is 0 Å². The van der Waals surface area contributed by atoms with Crippen molar-refractivity contribution in [2.24, 2.45) is 17.8 Å². The molecule has 1 nitrogen and oxygen atoms in total. The summed E-state index contributed by atoms with van der Waals surface area (Å²) in [5.41, 5.74) is 0. The van der Waals surface area contributed by atoms with Crippen molar-refractivity contribution < 1.29 is 4.74 Å². The summed E-state index contributed by atoms with van der Waals surface area (Å²) in [6.45, 7) is 10.2. The van der Waals surface area contributed by atoms with Crippen LogP contribution in [0.1, 0.15) is 34.1 Å². The molecule has 12 heavy (non-hydrogen) atoms. The van der Waals surface area contributed by atoms with E-state index in [1.165, 1.54) is 16.7 Å². The Hall–Kier alpha value is 0.177. The molecule has 2 unspecified atom stereocenters. The highest BCUT2D eigenvalue weighted by atomic mass is 28.1. The average molecular weight is 186 g/mol. The largest absolute Gasteiger partial charge is 0.379 e. The molecule has 1 aliphatic rings. The second-order valence-corrected chi connectivity index (χ2v) is 6.39. The Bertz CT molecular complexity index is 156. The van der Waals surface area contributed by atoms with Crippen molar-refractivity contribution in [3.63, 3.8) is 0 Å². The first-order valence-electron chi connectivity index (χ1n) is 5.12. The zero-order valence-electron chi connectivity index (χ0n) is 9.05. The van der Waals surface area contributed by atoms with Gasteiger partial charge in [0.25, 0.3) is 0 Å². The molecule has 1 fully saturated rings. The lowest BCUT2D eigenvalue weighted by molar-refractivity contribution is 0.00323. The van der Waals surface area contributed by atoms with Crippen LogP contribution in [0.15, 0.2) is 0 Å². The van der Waals surface area contributed by atoms with Gasteiger partial charge in [0.2, 0.25) is 0 Å². The SMILES string of the molecule is CC(C)C1CCOC1([SiH3])C(C)C. The molecule has 1 saturated heterocycles. The van der Waals surface area contributed by atoms with Crippen LogP contribution in [-0.2, 0) is 4.74 Å². The van der Waals surface area contributed by atoms with Crippen molar-refractivity contribution in [1.29, 1.82) is 0 Å². The molecule has 1 aliphatic heterocycles. The Kier molecular flexibility index (Phi) is 3.00. The van der Waals surface area contributed by atoms with E-state index in [1.54, 1.807) is 0 Å². The van der Waals surface area contributed by atoms with E-state index in [0.29, 0.717) is 5.92 Å². The first kappa shape index (κ1) is 10.3. The van der Waals surface area contributed by atoms with Crippen LogP contribution in [0, 0.1) is 17.8 Å². The highest BCUT2D eigenvalue weighted by molar-refractivity contribution is 6.15. The van der Waals surface area contributed by atoms with Gasteiger partial charge in [0.1, 0.15) is 0 Å². The lowest BCUT2D eigenvalue weighted by Crippen LogP contribution is -2.43. The molecule has 2 atom stereocenters. The van der Waals surface area contributed by atoms with Crippen molar-refractivity contribution in [2.75, 3.05) is 6.61 Å². The summed E-state index contributed by atoms with van der Waals surface area (Å²) in [5.74, 6) is 2.29. The predicted octanol–water partition coefficient (Wildman–Crippen LogP) is 1.40. The minimum atomic E-state index is 0.272. The van der Waals surface area contributed by atoms with E-state index in [0.717, 1.165) is 18.4 Å². The summed E-state index contributed by atoms with van der Waals surface area (Å²) in [7, 11) is 1.18. The molecular formula is C10H22OSi. The van der Waals surface area contributed by atoms with Crippen LogP contribution >= 0.6 is 0 Å². The molecule has 0 aromatic carbocycles. The van der Waals surface area contributed by atoms with E-state index in [-0.39, 0.29) is 5.22 Å². The maximum atomic E-state index is 5.94. The third-order valence-corrected chi connectivity index (χ3v) is 5.71. The second-order valence-electron chi connectivity index (χ2n) is 4.83. The van der Waals surface area contributed by atoms with Crippen molar-refractivity contribution in [3.05, 3.63) is 0 Å². The topological polar surface area (TPSA) is 9.23 Å². The molecule has 0 spiro atoms. The third kappa shape index (κ3) is 1.60. The van der Waals surface area contributed by atoms with Crippen LogP contribution in [0.2, 0.25) is 0 Å². The Labute approximate surface area is 79.3 Å². The standard InChI is InChI=1S/C10H22OSi/c1-7(2)9-5-6-11-10(9,12)8(3)4/h7-9H,5-6H2,1-4,12H3. The molecule has 0 aromatic heterocycles. The minimum Gasteiger partial charge on any atom is -0.379 e. The van der Waals surface area contributed by atoms with E-state index in [2.05, 4.69) is 27.7 Å². The maximum absolute atomic E-state index is 5.94. The van der Waals surface area contributed by atoms with E-state index in [9.17, 15) is 0 Å². The van der Waals surface area contributed by atoms with E-state index < -0.39 is 0 Å². The summed E-state index contributed by atoms with van der Waals surface area (Å²) in [5, 5.41) is 0.272. The van der Waals surface area contributed by atoms with Gasteiger partial charge in [-0.1, -0.05) is 27.7 Å². The Morgan fingerprint density at radius 2 is 1.92 bits per heavy atom. The maximum Gasteiger partial charge on any atom is 0.0538 e. The van der Waals surface area contributed by atoms with Crippen molar-refractivity contribution >= 4 is 10.2 Å². The van der Waals surface area contributed by atoms with E-state index in [4.69, 9.17) is 4.74 Å². The van der Waals surface area contributed by atoms with Gasteiger partial charge < -0.3 is 4.74 Å². The van der Waals surface area contributed by atoms with Gasteiger partial charge >= 0.3 is 0 Å². The summed E-state index contributed by atoms with van der Waals surface area (Å²) in [4.78, 5) is 0. The van der Waals surface area contributed by atoms with Gasteiger partial charge in [-0.3, -0.25) is 0 Å². The molecule has 0 N–H and O–H groups in total. The molecule has 0 aromatic rings. The van der Waals surface area contributed by atoms with Crippen LogP contribution in [0.5, 0.6) is 0 Å². The highest BCUT2D eigenvalue weighted by Crippen LogP contribution is 2.39. The zero-order valence-corrected chi connectivity index (χ0v) is 11.1. The molecule has 0 radical (unpaired) electrons. The summed E-state index contributed by atoms with van der Waals surface area (Å²) < 4.78 is 5.94. The molecule has 2 heteroatoms. The van der Waals surface area contributed by atoms with Crippen LogP contribution in [0.25, 0.3) is 0 Å². The Morgan fingerprint density at radius 3 is 2.25 bits per heavy atom. The van der Waals surface area contributed by atoms with Crippen LogP contribution in [0.4, 0.5) is 0 Å². The first-order valence-corrected chi connectivity index (χ1v) is 6.12. The smallest absolute Gasteiger partial charge is 0.0538 e. The molecule has 0 bridgehead atoms. The summed E-state index contributed by atoms with van der Waals surface area (Å²) in [6, 6.07) is 0. The number of hydrogen-bond acceptors (Lipinski definition) is 1. The van der Waals surface area contributed by atoms with Crippen molar-refractivity contribution in [3.8, 4) is 0 Å². The molecule has 1 heterocycles. The lowest BCUT2D eigenvalue weighted by Gasteiger charge is -2.36.